The van der Waals surface area contributed by atoms with Crippen molar-refractivity contribution in [3.63, 3.8) is 0 Å². The molecule has 1 aromatic carbocycles. The highest BCUT2D eigenvalue weighted by atomic mass is 32.2. The number of methoxy groups -OCH3 is 3. The summed E-state index contributed by atoms with van der Waals surface area (Å²) in [4.78, 5) is 23.8. The number of hydrogen-bond donors (Lipinski definition) is 1. The molecule has 1 unspecified atom stereocenters. The van der Waals surface area contributed by atoms with E-state index >= 15 is 0 Å². The van der Waals surface area contributed by atoms with E-state index in [4.69, 9.17) is 8.92 Å². The number of esters is 2. The number of ether oxygens (including phenoxy) is 3. The van der Waals surface area contributed by atoms with Crippen molar-refractivity contribution in [1.82, 2.24) is 0 Å². The molecule has 0 radical (unpaired) electrons. The first-order chi connectivity index (χ1) is 18.3. The highest BCUT2D eigenvalue weighted by molar-refractivity contribution is 7.86. The Bertz CT molecular complexity index is 1100. The summed E-state index contributed by atoms with van der Waals surface area (Å²) in [6.45, 7) is 7.17. The zero-order valence-corrected chi connectivity index (χ0v) is 24.7. The van der Waals surface area contributed by atoms with E-state index in [9.17, 15) is 23.1 Å². The van der Waals surface area contributed by atoms with Gasteiger partial charge in [-0.25, -0.2) is 0 Å². The first-order valence-electron chi connectivity index (χ1n) is 12.7. The Morgan fingerprint density at radius 2 is 1.59 bits per heavy atom. The quantitative estimate of drug-likeness (QED) is 0.103. The fourth-order valence-corrected chi connectivity index (χ4v) is 4.74. The average molecular weight is 567 g/mol. The van der Waals surface area contributed by atoms with Gasteiger partial charge in [0.05, 0.1) is 37.9 Å². The van der Waals surface area contributed by atoms with Gasteiger partial charge in [0, 0.05) is 13.0 Å². The van der Waals surface area contributed by atoms with Gasteiger partial charge in [-0.1, -0.05) is 60.1 Å². The van der Waals surface area contributed by atoms with Gasteiger partial charge in [0.15, 0.2) is 5.92 Å². The number of allylic oxidation sites excluding steroid dienone is 4. The summed E-state index contributed by atoms with van der Waals surface area (Å²) in [5, 5.41) is 10.3. The first kappa shape index (κ1) is 34.2. The lowest BCUT2D eigenvalue weighted by Gasteiger charge is -2.20. The average Bonchev–Trinajstić information content (AvgIpc) is 2.90. The smallest absolute Gasteiger partial charge is 0.320 e. The van der Waals surface area contributed by atoms with Crippen LogP contribution in [0.15, 0.2) is 64.6 Å². The molecule has 0 aliphatic rings. The largest absolute Gasteiger partial charge is 0.468 e. The normalized spacial score (nSPS) is 15.3. The zero-order valence-electron chi connectivity index (χ0n) is 23.9. The minimum atomic E-state index is -3.95. The van der Waals surface area contributed by atoms with Crippen molar-refractivity contribution in [3.05, 3.63) is 65.3 Å². The number of rotatable bonds is 16. The lowest BCUT2D eigenvalue weighted by Crippen LogP contribution is -2.26. The van der Waals surface area contributed by atoms with Crippen molar-refractivity contribution in [2.75, 3.05) is 27.9 Å². The van der Waals surface area contributed by atoms with E-state index in [0.29, 0.717) is 12.8 Å². The van der Waals surface area contributed by atoms with E-state index in [1.807, 2.05) is 45.9 Å². The van der Waals surface area contributed by atoms with Crippen LogP contribution in [0.25, 0.3) is 0 Å². The van der Waals surface area contributed by atoms with E-state index in [2.05, 4.69) is 9.47 Å². The second-order valence-corrected chi connectivity index (χ2v) is 11.1. The maximum Gasteiger partial charge on any atom is 0.320 e. The summed E-state index contributed by atoms with van der Waals surface area (Å²) >= 11 is 0. The summed E-state index contributed by atoms with van der Waals surface area (Å²) in [5.74, 6) is -2.23. The van der Waals surface area contributed by atoms with Crippen LogP contribution in [-0.4, -0.2) is 65.6 Å². The monoisotopic (exact) mass is 566 g/mol. The molecule has 39 heavy (non-hydrogen) atoms. The highest BCUT2D eigenvalue weighted by Crippen LogP contribution is 2.20. The van der Waals surface area contributed by atoms with Gasteiger partial charge in [-0.05, 0) is 52.2 Å². The minimum absolute atomic E-state index is 0.0442. The third-order valence-electron chi connectivity index (χ3n) is 6.19. The molecule has 0 saturated carbocycles. The third kappa shape index (κ3) is 12.3. The van der Waals surface area contributed by atoms with Crippen LogP contribution in [0.5, 0.6) is 0 Å². The molecular weight excluding hydrogens is 524 g/mol. The number of carbonyl (C=O) groups excluding carboxylic acids is 2. The molecule has 9 nitrogen and oxygen atoms in total. The lowest BCUT2D eigenvalue weighted by molar-refractivity contribution is -0.158. The fraction of sp³-hybridized carbons (Fsp3) is 0.517. The van der Waals surface area contributed by atoms with Crippen LogP contribution in [-0.2, 0) is 38.1 Å². The minimum Gasteiger partial charge on any atom is -0.468 e. The van der Waals surface area contributed by atoms with Gasteiger partial charge in [-0.15, -0.1) is 0 Å². The molecule has 0 bridgehead atoms. The van der Waals surface area contributed by atoms with Gasteiger partial charge in [-0.3, -0.25) is 13.8 Å². The van der Waals surface area contributed by atoms with Crippen molar-refractivity contribution in [1.29, 1.82) is 0 Å². The Kier molecular flexibility index (Phi) is 14.9. The molecule has 0 spiro atoms. The molecule has 0 aromatic heterocycles. The van der Waals surface area contributed by atoms with Crippen LogP contribution in [0.4, 0.5) is 0 Å². The molecular formula is C29H42O9S. The Balaban J connectivity index is 2.64. The zero-order chi connectivity index (χ0) is 29.6. The second-order valence-electron chi connectivity index (χ2n) is 9.50. The van der Waals surface area contributed by atoms with Gasteiger partial charge in [-0.2, -0.15) is 8.42 Å². The number of aliphatic hydroxyl groups excluding tert-OH is 1. The predicted molar refractivity (Wildman–Crippen MR) is 148 cm³/mol. The second kappa shape index (κ2) is 17.0. The lowest BCUT2D eigenvalue weighted by atomic mass is 9.96. The summed E-state index contributed by atoms with van der Waals surface area (Å²) in [6, 6.07) is 6.30. The summed E-state index contributed by atoms with van der Waals surface area (Å²) < 4.78 is 44.7. The Morgan fingerprint density at radius 1 is 1.00 bits per heavy atom. The van der Waals surface area contributed by atoms with Gasteiger partial charge in [0.1, 0.15) is 0 Å². The van der Waals surface area contributed by atoms with Crippen LogP contribution in [0.2, 0.25) is 0 Å². The molecule has 10 heteroatoms. The molecule has 218 valence electrons. The summed E-state index contributed by atoms with van der Waals surface area (Å²) in [5.41, 5.74) is 2.62. The van der Waals surface area contributed by atoms with Crippen LogP contribution in [0.3, 0.4) is 0 Å². The van der Waals surface area contributed by atoms with E-state index in [-0.39, 0.29) is 29.9 Å². The van der Waals surface area contributed by atoms with Crippen molar-refractivity contribution in [2.24, 2.45) is 11.8 Å². The first-order valence-corrected chi connectivity index (χ1v) is 14.1. The molecule has 0 aliphatic carbocycles. The number of carbonyl (C=O) groups is 2. The van der Waals surface area contributed by atoms with Crippen LogP contribution < -0.4 is 0 Å². The molecule has 0 fully saturated rings. The number of benzene rings is 1. The fourth-order valence-electron chi connectivity index (χ4n) is 3.81. The highest BCUT2D eigenvalue weighted by Gasteiger charge is 2.28. The van der Waals surface area contributed by atoms with Gasteiger partial charge in [0.2, 0.25) is 0 Å². The van der Waals surface area contributed by atoms with Crippen molar-refractivity contribution in [3.8, 4) is 0 Å². The van der Waals surface area contributed by atoms with E-state index < -0.39 is 34.1 Å². The third-order valence-corrected chi connectivity index (χ3v) is 7.48. The SMILES string of the molecule is COC(=O)C(C/C(C)=C\C=C\[C@H](C)[C@H](CC/C(C)=C\C(O)COS(=O)(=O)c1ccc(C)cc1)OC)C(=O)OC. The molecule has 0 saturated heterocycles. The standard InChI is InChI=1S/C29H42O9S/c1-20-11-14-25(15-12-20)39(33,34)38-19-24(30)17-22(3)13-16-27(35-5)23(4)10-8-9-21(2)18-26(28(31)36-6)29(32)37-7/h8-12,14-15,17,23-24,26-27,30H,13,16,18-19H2,1-7H3/b10-8+,21-9-,22-17-/t23-,24?,27-/m0/s1. The van der Waals surface area contributed by atoms with Gasteiger partial charge in [0.25, 0.3) is 10.1 Å². The summed E-state index contributed by atoms with van der Waals surface area (Å²) in [6.07, 6.45) is 7.56. The van der Waals surface area contributed by atoms with Crippen LogP contribution in [0, 0.1) is 18.8 Å². The molecule has 1 aromatic rings. The van der Waals surface area contributed by atoms with Crippen LogP contribution >= 0.6 is 0 Å². The van der Waals surface area contributed by atoms with Crippen molar-refractivity contribution >= 4 is 22.1 Å². The molecule has 0 aliphatic heterocycles. The van der Waals surface area contributed by atoms with Crippen LogP contribution in [0.1, 0.15) is 45.6 Å². The maximum absolute atomic E-state index is 12.3. The van der Waals surface area contributed by atoms with Crippen molar-refractivity contribution < 1.29 is 41.5 Å². The van der Waals surface area contributed by atoms with Gasteiger partial charge >= 0.3 is 11.9 Å². The molecule has 0 amide bonds. The van der Waals surface area contributed by atoms with Gasteiger partial charge < -0.3 is 19.3 Å². The Labute approximate surface area is 232 Å². The Morgan fingerprint density at radius 3 is 2.13 bits per heavy atom. The predicted octanol–water partition coefficient (Wildman–Crippen LogP) is 4.29. The Hall–Kier alpha value is -2.79. The topological polar surface area (TPSA) is 125 Å². The van der Waals surface area contributed by atoms with E-state index in [0.717, 1.165) is 16.7 Å². The molecule has 1 N–H and O–H groups in total. The molecule has 1 rings (SSSR count). The molecule has 0 heterocycles. The molecule has 3 atom stereocenters. The number of aryl methyl sites for hydroxylation is 1. The van der Waals surface area contributed by atoms with E-state index in [1.165, 1.54) is 26.4 Å². The number of aliphatic hydroxyl groups is 1. The van der Waals surface area contributed by atoms with Crippen molar-refractivity contribution in [2.45, 2.75) is 64.1 Å². The summed E-state index contributed by atoms with van der Waals surface area (Å²) in [7, 11) is 0.137. The maximum atomic E-state index is 12.3. The van der Waals surface area contributed by atoms with E-state index in [1.54, 1.807) is 25.3 Å². The number of hydrogen-bond acceptors (Lipinski definition) is 9.